The summed E-state index contributed by atoms with van der Waals surface area (Å²) >= 11 is 0. The number of likely N-dealkylation sites (N-methyl/N-ethyl adjacent to an activating group) is 1. The van der Waals surface area contributed by atoms with Crippen LogP contribution in [0.25, 0.3) is 0 Å². The Hall–Kier alpha value is -0.120. The van der Waals surface area contributed by atoms with Crippen molar-refractivity contribution in [2.45, 2.75) is 39.2 Å². The van der Waals surface area contributed by atoms with Gasteiger partial charge >= 0.3 is 0 Å². The molecule has 0 spiro atoms. The lowest BCUT2D eigenvalue weighted by Gasteiger charge is -2.26. The van der Waals surface area contributed by atoms with Gasteiger partial charge in [-0.25, -0.2) is 0 Å². The quantitative estimate of drug-likeness (QED) is 0.721. The summed E-state index contributed by atoms with van der Waals surface area (Å²) in [6.07, 6.45) is 4.14. The molecule has 16 heavy (non-hydrogen) atoms. The molecule has 1 fully saturated rings. The van der Waals surface area contributed by atoms with Gasteiger partial charge in [0.25, 0.3) is 0 Å². The van der Waals surface area contributed by atoms with Gasteiger partial charge in [0, 0.05) is 19.7 Å². The SMILES string of the molecule is CC(C)CC(CN)CN(C)CC1CCCO1. The molecule has 0 aliphatic carbocycles. The summed E-state index contributed by atoms with van der Waals surface area (Å²) in [5.41, 5.74) is 5.82. The summed E-state index contributed by atoms with van der Waals surface area (Å²) < 4.78 is 5.65. The molecule has 0 bridgehead atoms. The van der Waals surface area contributed by atoms with Crippen LogP contribution in [0, 0.1) is 11.8 Å². The number of hydrogen-bond donors (Lipinski definition) is 1. The molecule has 2 atom stereocenters. The second-order valence-electron chi connectivity index (χ2n) is 5.59. The minimum Gasteiger partial charge on any atom is -0.377 e. The van der Waals surface area contributed by atoms with Gasteiger partial charge in [-0.05, 0) is 44.7 Å². The lowest BCUT2D eigenvalue weighted by molar-refractivity contribution is 0.0759. The van der Waals surface area contributed by atoms with Gasteiger partial charge in [-0.2, -0.15) is 0 Å². The maximum Gasteiger partial charge on any atom is 0.0702 e. The highest BCUT2D eigenvalue weighted by atomic mass is 16.5. The standard InChI is InChI=1S/C13H28N2O/c1-11(2)7-12(8-14)9-15(3)10-13-5-4-6-16-13/h11-13H,4-10,14H2,1-3H3. The molecular weight excluding hydrogens is 200 g/mol. The van der Waals surface area contributed by atoms with Crippen LogP contribution in [0.2, 0.25) is 0 Å². The van der Waals surface area contributed by atoms with E-state index >= 15 is 0 Å². The van der Waals surface area contributed by atoms with Crippen LogP contribution >= 0.6 is 0 Å². The Kier molecular flexibility index (Phi) is 6.32. The van der Waals surface area contributed by atoms with Crippen LogP contribution in [0.1, 0.15) is 33.1 Å². The van der Waals surface area contributed by atoms with Crippen molar-refractivity contribution in [1.82, 2.24) is 4.90 Å². The Labute approximate surface area is 100 Å². The van der Waals surface area contributed by atoms with Gasteiger partial charge in [0.05, 0.1) is 6.10 Å². The van der Waals surface area contributed by atoms with Crippen LogP contribution in [0.3, 0.4) is 0 Å². The highest BCUT2D eigenvalue weighted by molar-refractivity contribution is 4.72. The zero-order chi connectivity index (χ0) is 12.0. The normalized spacial score (nSPS) is 23.2. The second-order valence-corrected chi connectivity index (χ2v) is 5.59. The number of hydrogen-bond acceptors (Lipinski definition) is 3. The Balaban J connectivity index is 2.21. The topological polar surface area (TPSA) is 38.5 Å². The molecule has 0 aromatic heterocycles. The van der Waals surface area contributed by atoms with Crippen molar-refractivity contribution >= 4 is 0 Å². The summed E-state index contributed by atoms with van der Waals surface area (Å²) in [7, 11) is 2.19. The van der Waals surface area contributed by atoms with Crippen LogP contribution in [-0.4, -0.2) is 44.3 Å². The Morgan fingerprint density at radius 2 is 2.19 bits per heavy atom. The zero-order valence-electron chi connectivity index (χ0n) is 11.1. The molecule has 2 N–H and O–H groups in total. The molecule has 0 aromatic carbocycles. The second kappa shape index (κ2) is 7.25. The highest BCUT2D eigenvalue weighted by Gasteiger charge is 2.19. The van der Waals surface area contributed by atoms with Gasteiger partial charge in [-0.3, -0.25) is 0 Å². The molecule has 1 aliphatic rings. The van der Waals surface area contributed by atoms with Crippen molar-refractivity contribution in [1.29, 1.82) is 0 Å². The van der Waals surface area contributed by atoms with Gasteiger partial charge in [0.2, 0.25) is 0 Å². The fourth-order valence-corrected chi connectivity index (χ4v) is 2.56. The Morgan fingerprint density at radius 3 is 2.69 bits per heavy atom. The van der Waals surface area contributed by atoms with E-state index in [1.807, 2.05) is 0 Å². The third kappa shape index (κ3) is 5.28. The lowest BCUT2D eigenvalue weighted by Crippen LogP contribution is -2.35. The number of rotatable bonds is 7. The largest absolute Gasteiger partial charge is 0.377 e. The van der Waals surface area contributed by atoms with Crippen molar-refractivity contribution in [3.63, 3.8) is 0 Å². The maximum atomic E-state index is 5.82. The average molecular weight is 228 g/mol. The molecular formula is C13H28N2O. The van der Waals surface area contributed by atoms with Crippen molar-refractivity contribution in [3.05, 3.63) is 0 Å². The fourth-order valence-electron chi connectivity index (χ4n) is 2.56. The summed E-state index contributed by atoms with van der Waals surface area (Å²) in [5.74, 6) is 1.37. The first kappa shape index (κ1) is 13.9. The first-order chi connectivity index (χ1) is 7.61. The first-order valence-corrected chi connectivity index (χ1v) is 6.62. The molecule has 1 aliphatic heterocycles. The first-order valence-electron chi connectivity index (χ1n) is 6.62. The van der Waals surface area contributed by atoms with Crippen LogP contribution < -0.4 is 5.73 Å². The van der Waals surface area contributed by atoms with E-state index in [9.17, 15) is 0 Å². The van der Waals surface area contributed by atoms with E-state index in [0.717, 1.165) is 32.2 Å². The average Bonchev–Trinajstić information content (AvgIpc) is 2.68. The number of ether oxygens (including phenoxy) is 1. The van der Waals surface area contributed by atoms with Crippen molar-refractivity contribution < 1.29 is 4.74 Å². The minimum absolute atomic E-state index is 0.461. The van der Waals surface area contributed by atoms with E-state index in [4.69, 9.17) is 10.5 Å². The van der Waals surface area contributed by atoms with Crippen molar-refractivity contribution in [3.8, 4) is 0 Å². The fraction of sp³-hybridized carbons (Fsp3) is 1.00. The van der Waals surface area contributed by atoms with E-state index < -0.39 is 0 Å². The van der Waals surface area contributed by atoms with E-state index in [-0.39, 0.29) is 0 Å². The molecule has 1 saturated heterocycles. The smallest absolute Gasteiger partial charge is 0.0702 e. The molecule has 3 nitrogen and oxygen atoms in total. The molecule has 0 amide bonds. The van der Waals surface area contributed by atoms with Gasteiger partial charge in [-0.1, -0.05) is 13.8 Å². The number of nitrogens with zero attached hydrogens (tertiary/aromatic N) is 1. The van der Waals surface area contributed by atoms with E-state index in [0.29, 0.717) is 12.0 Å². The lowest BCUT2D eigenvalue weighted by atomic mass is 9.96. The molecule has 0 radical (unpaired) electrons. The number of nitrogens with two attached hydrogens (primary N) is 1. The van der Waals surface area contributed by atoms with Crippen LogP contribution in [0.4, 0.5) is 0 Å². The predicted molar refractivity (Wildman–Crippen MR) is 68.5 cm³/mol. The summed E-state index contributed by atoms with van der Waals surface area (Å²) in [4.78, 5) is 2.38. The van der Waals surface area contributed by atoms with Crippen molar-refractivity contribution in [2.75, 3.05) is 33.3 Å². The van der Waals surface area contributed by atoms with Crippen molar-refractivity contribution in [2.24, 2.45) is 17.6 Å². The zero-order valence-corrected chi connectivity index (χ0v) is 11.1. The molecule has 96 valence electrons. The molecule has 2 unspecified atom stereocenters. The summed E-state index contributed by atoms with van der Waals surface area (Å²) in [5, 5.41) is 0. The van der Waals surface area contributed by atoms with Gasteiger partial charge < -0.3 is 15.4 Å². The van der Waals surface area contributed by atoms with Crippen LogP contribution in [0.15, 0.2) is 0 Å². The minimum atomic E-state index is 0.461. The highest BCUT2D eigenvalue weighted by Crippen LogP contribution is 2.15. The van der Waals surface area contributed by atoms with Crippen LogP contribution in [0.5, 0.6) is 0 Å². The summed E-state index contributed by atoms with van der Waals surface area (Å²) in [6.45, 7) is 8.45. The Morgan fingerprint density at radius 1 is 1.44 bits per heavy atom. The van der Waals surface area contributed by atoms with Gasteiger partial charge in [-0.15, -0.1) is 0 Å². The molecule has 1 rings (SSSR count). The van der Waals surface area contributed by atoms with Crippen LogP contribution in [-0.2, 0) is 4.74 Å². The molecule has 3 heteroatoms. The third-order valence-electron chi connectivity index (χ3n) is 3.25. The predicted octanol–water partition coefficient (Wildman–Crippen LogP) is 1.72. The van der Waals surface area contributed by atoms with Gasteiger partial charge in [0.1, 0.15) is 0 Å². The third-order valence-corrected chi connectivity index (χ3v) is 3.25. The molecule has 1 heterocycles. The van der Waals surface area contributed by atoms with E-state index in [1.54, 1.807) is 0 Å². The van der Waals surface area contributed by atoms with E-state index in [2.05, 4.69) is 25.8 Å². The Bertz CT molecular complexity index is 179. The summed E-state index contributed by atoms with van der Waals surface area (Å²) in [6, 6.07) is 0. The monoisotopic (exact) mass is 228 g/mol. The maximum absolute atomic E-state index is 5.82. The van der Waals surface area contributed by atoms with Gasteiger partial charge in [0.15, 0.2) is 0 Å². The molecule has 0 saturated carbocycles. The van der Waals surface area contributed by atoms with E-state index in [1.165, 1.54) is 19.3 Å². The molecule has 0 aromatic rings.